The van der Waals surface area contributed by atoms with Gasteiger partial charge in [0.2, 0.25) is 0 Å². The Kier molecular flexibility index (Phi) is 5.80. The van der Waals surface area contributed by atoms with Crippen molar-refractivity contribution in [2.75, 3.05) is 18.6 Å². The number of para-hydroxylation sites is 1. The third kappa shape index (κ3) is 4.05. The third-order valence-electron chi connectivity index (χ3n) is 5.14. The second-order valence-corrected chi connectivity index (χ2v) is 7.13. The summed E-state index contributed by atoms with van der Waals surface area (Å²) in [5.74, 6) is 0.0636. The zero-order valence-corrected chi connectivity index (χ0v) is 17.5. The lowest BCUT2D eigenvalue weighted by molar-refractivity contribution is -0.137. The van der Waals surface area contributed by atoms with Crippen molar-refractivity contribution >= 4 is 23.1 Å². The molecule has 2 heterocycles. The van der Waals surface area contributed by atoms with Gasteiger partial charge >= 0.3 is 0 Å². The summed E-state index contributed by atoms with van der Waals surface area (Å²) < 4.78 is 5.52. The van der Waals surface area contributed by atoms with Gasteiger partial charge in [0.15, 0.2) is 0 Å². The highest BCUT2D eigenvalue weighted by Crippen LogP contribution is 2.34. The van der Waals surface area contributed by atoms with Crippen molar-refractivity contribution in [3.8, 4) is 5.75 Å². The number of carbonyl (C=O) groups excluding carboxylic acids is 2. The van der Waals surface area contributed by atoms with Crippen molar-refractivity contribution in [2.24, 2.45) is 0 Å². The standard InChI is InChI=1S/C25H23N3O3/c1-3-31-21-13-11-19(12-14-21)22-23(27(2)20-9-5-4-6-10-20)25(30)28(24(22)29)17-18-8-7-15-26-16-18/h4-16H,3,17H2,1-2H3. The van der Waals surface area contributed by atoms with Crippen LogP contribution in [0.5, 0.6) is 5.75 Å². The van der Waals surface area contributed by atoms with E-state index in [2.05, 4.69) is 4.98 Å². The van der Waals surface area contributed by atoms with Crippen LogP contribution >= 0.6 is 0 Å². The minimum atomic E-state index is -0.330. The van der Waals surface area contributed by atoms with Gasteiger partial charge in [-0.15, -0.1) is 0 Å². The molecule has 6 heteroatoms. The Morgan fingerprint density at radius 3 is 2.32 bits per heavy atom. The molecule has 1 aliphatic heterocycles. The van der Waals surface area contributed by atoms with E-state index < -0.39 is 0 Å². The number of benzene rings is 2. The zero-order chi connectivity index (χ0) is 21.8. The maximum atomic E-state index is 13.4. The average molecular weight is 413 g/mol. The molecule has 0 bridgehead atoms. The molecule has 6 nitrogen and oxygen atoms in total. The van der Waals surface area contributed by atoms with E-state index in [1.165, 1.54) is 4.90 Å². The first kappa shape index (κ1) is 20.3. The number of carbonyl (C=O) groups is 2. The van der Waals surface area contributed by atoms with Crippen molar-refractivity contribution in [1.29, 1.82) is 0 Å². The maximum Gasteiger partial charge on any atom is 0.278 e. The quantitative estimate of drug-likeness (QED) is 0.550. The van der Waals surface area contributed by atoms with Gasteiger partial charge in [-0.25, -0.2) is 0 Å². The van der Waals surface area contributed by atoms with Crippen molar-refractivity contribution < 1.29 is 14.3 Å². The van der Waals surface area contributed by atoms with E-state index in [1.54, 1.807) is 30.4 Å². The highest BCUT2D eigenvalue weighted by Gasteiger charge is 2.41. The monoisotopic (exact) mass is 413 g/mol. The first-order valence-corrected chi connectivity index (χ1v) is 10.1. The molecule has 0 radical (unpaired) electrons. The molecular weight excluding hydrogens is 390 g/mol. The predicted octanol–water partition coefficient (Wildman–Crippen LogP) is 3.90. The number of amides is 2. The summed E-state index contributed by atoms with van der Waals surface area (Å²) in [6, 6.07) is 20.4. The number of rotatable bonds is 7. The van der Waals surface area contributed by atoms with E-state index in [0.717, 1.165) is 11.3 Å². The molecule has 0 fully saturated rings. The average Bonchev–Trinajstić information content (AvgIpc) is 3.05. The van der Waals surface area contributed by atoms with E-state index in [-0.39, 0.29) is 18.4 Å². The van der Waals surface area contributed by atoms with Crippen molar-refractivity contribution in [3.05, 3.63) is 95.9 Å². The fraction of sp³-hybridized carbons (Fsp3) is 0.160. The van der Waals surface area contributed by atoms with E-state index in [1.807, 2.05) is 67.6 Å². The second-order valence-electron chi connectivity index (χ2n) is 7.13. The Bertz CT molecular complexity index is 1110. The van der Waals surface area contributed by atoms with Gasteiger partial charge < -0.3 is 9.64 Å². The minimum Gasteiger partial charge on any atom is -0.494 e. The van der Waals surface area contributed by atoms with E-state index in [0.29, 0.717) is 29.2 Å². The van der Waals surface area contributed by atoms with Crippen LogP contribution in [0.15, 0.2) is 84.8 Å². The molecule has 0 aliphatic carbocycles. The number of imide groups is 1. The lowest BCUT2D eigenvalue weighted by Crippen LogP contribution is -2.33. The van der Waals surface area contributed by atoms with Crippen LogP contribution in [-0.2, 0) is 16.1 Å². The first-order chi connectivity index (χ1) is 15.1. The summed E-state index contributed by atoms with van der Waals surface area (Å²) in [5, 5.41) is 0. The van der Waals surface area contributed by atoms with Crippen LogP contribution in [0.3, 0.4) is 0 Å². The van der Waals surface area contributed by atoms with E-state index in [9.17, 15) is 9.59 Å². The molecule has 2 amide bonds. The van der Waals surface area contributed by atoms with Crippen LogP contribution in [-0.4, -0.2) is 35.4 Å². The minimum absolute atomic E-state index is 0.165. The molecular formula is C25H23N3O3. The third-order valence-corrected chi connectivity index (χ3v) is 5.14. The second kappa shape index (κ2) is 8.83. The summed E-state index contributed by atoms with van der Waals surface area (Å²) >= 11 is 0. The molecule has 0 saturated carbocycles. The van der Waals surface area contributed by atoms with Crippen molar-refractivity contribution in [3.63, 3.8) is 0 Å². The lowest BCUT2D eigenvalue weighted by Gasteiger charge is -2.21. The normalized spacial score (nSPS) is 13.7. The number of nitrogens with zero attached hydrogens (tertiary/aromatic N) is 3. The molecule has 3 aromatic rings. The Hall–Kier alpha value is -3.93. The summed E-state index contributed by atoms with van der Waals surface area (Å²) in [6.07, 6.45) is 3.32. The summed E-state index contributed by atoms with van der Waals surface area (Å²) in [7, 11) is 1.80. The van der Waals surface area contributed by atoms with Crippen LogP contribution in [0.25, 0.3) is 5.57 Å². The maximum absolute atomic E-state index is 13.4. The molecule has 156 valence electrons. The van der Waals surface area contributed by atoms with Crippen LogP contribution in [0.1, 0.15) is 18.1 Å². The lowest BCUT2D eigenvalue weighted by atomic mass is 10.0. The van der Waals surface area contributed by atoms with Crippen LogP contribution in [0.4, 0.5) is 5.69 Å². The van der Waals surface area contributed by atoms with Gasteiger partial charge in [-0.05, 0) is 48.4 Å². The molecule has 0 unspecified atom stereocenters. The van der Waals surface area contributed by atoms with Gasteiger partial charge in [0.1, 0.15) is 11.4 Å². The largest absolute Gasteiger partial charge is 0.494 e. The Morgan fingerprint density at radius 2 is 1.68 bits per heavy atom. The summed E-state index contributed by atoms with van der Waals surface area (Å²) in [4.78, 5) is 34.0. The number of likely N-dealkylation sites (N-methyl/N-ethyl adjacent to an activating group) is 1. The van der Waals surface area contributed by atoms with Gasteiger partial charge in [0, 0.05) is 25.1 Å². The predicted molar refractivity (Wildman–Crippen MR) is 119 cm³/mol. The van der Waals surface area contributed by atoms with Gasteiger partial charge in [-0.2, -0.15) is 0 Å². The van der Waals surface area contributed by atoms with Crippen LogP contribution in [0, 0.1) is 0 Å². The van der Waals surface area contributed by atoms with Crippen LogP contribution in [0.2, 0.25) is 0 Å². The SMILES string of the molecule is CCOc1ccc(C2=C(N(C)c3ccccc3)C(=O)N(Cc3cccnc3)C2=O)cc1. The van der Waals surface area contributed by atoms with Gasteiger partial charge in [0.25, 0.3) is 11.8 Å². The van der Waals surface area contributed by atoms with E-state index in [4.69, 9.17) is 4.74 Å². The number of ether oxygens (including phenoxy) is 1. The Balaban J connectivity index is 1.77. The van der Waals surface area contributed by atoms with Crippen LogP contribution < -0.4 is 9.64 Å². The fourth-order valence-corrected chi connectivity index (χ4v) is 3.62. The van der Waals surface area contributed by atoms with Gasteiger partial charge in [0.05, 0.1) is 18.7 Å². The number of hydrogen-bond acceptors (Lipinski definition) is 5. The highest BCUT2D eigenvalue weighted by molar-refractivity contribution is 6.36. The van der Waals surface area contributed by atoms with Crippen molar-refractivity contribution in [2.45, 2.75) is 13.5 Å². The van der Waals surface area contributed by atoms with Gasteiger partial charge in [-0.1, -0.05) is 36.4 Å². The summed E-state index contributed by atoms with van der Waals surface area (Å²) in [6.45, 7) is 2.64. The molecule has 0 N–H and O–H groups in total. The number of anilines is 1. The first-order valence-electron chi connectivity index (χ1n) is 10.1. The molecule has 4 rings (SSSR count). The Morgan fingerprint density at radius 1 is 0.935 bits per heavy atom. The number of aromatic nitrogens is 1. The smallest absolute Gasteiger partial charge is 0.278 e. The highest BCUT2D eigenvalue weighted by atomic mass is 16.5. The molecule has 0 atom stereocenters. The molecule has 0 saturated heterocycles. The molecule has 31 heavy (non-hydrogen) atoms. The summed E-state index contributed by atoms with van der Waals surface area (Å²) in [5.41, 5.74) is 3.02. The topological polar surface area (TPSA) is 62.7 Å². The fourth-order valence-electron chi connectivity index (χ4n) is 3.62. The molecule has 2 aromatic carbocycles. The molecule has 0 spiro atoms. The zero-order valence-electron chi connectivity index (χ0n) is 17.5. The Labute approximate surface area is 181 Å². The molecule has 1 aliphatic rings. The van der Waals surface area contributed by atoms with Crippen molar-refractivity contribution in [1.82, 2.24) is 9.88 Å². The molecule has 1 aromatic heterocycles. The van der Waals surface area contributed by atoms with Gasteiger partial charge in [-0.3, -0.25) is 19.5 Å². The number of pyridine rings is 1. The van der Waals surface area contributed by atoms with E-state index >= 15 is 0 Å². The number of hydrogen-bond donors (Lipinski definition) is 0.